The van der Waals surface area contributed by atoms with Crippen molar-refractivity contribution in [1.82, 2.24) is 0 Å². The van der Waals surface area contributed by atoms with Gasteiger partial charge in [0.2, 0.25) is 0 Å². The first-order valence-electron chi connectivity index (χ1n) is 15.5. The number of benzene rings is 6. The number of hydrogen-bond donors (Lipinski definition) is 0. The summed E-state index contributed by atoms with van der Waals surface area (Å²) in [5, 5.41) is 2.22. The van der Waals surface area contributed by atoms with E-state index in [-0.39, 0.29) is 5.92 Å². The predicted octanol–water partition coefficient (Wildman–Crippen LogP) is 11.7. The molecule has 0 N–H and O–H groups in total. The van der Waals surface area contributed by atoms with Crippen LogP contribution in [-0.4, -0.2) is 6.61 Å². The third kappa shape index (κ3) is 5.25. The van der Waals surface area contributed by atoms with Crippen LogP contribution in [0.15, 0.2) is 162 Å². The lowest BCUT2D eigenvalue weighted by molar-refractivity contribution is 0.358. The van der Waals surface area contributed by atoms with E-state index < -0.39 is 0 Å². The standard InChI is InChI=1S/C43H32O2/c1-29-23-32(35-17-8-15-33(24-35)30-11-4-2-5-12-30)19-10-22-44-42-28-43-40(27-38(29)42)39-26-37(20-21-41(39)45-43)36-18-9-16-34(25-36)31-13-6-3-7-14-31/h2-21,23-29H,22H2,1H3/b19-10-,32-23+. The van der Waals surface area contributed by atoms with Crippen LogP contribution in [0, 0.1) is 0 Å². The summed E-state index contributed by atoms with van der Waals surface area (Å²) in [4.78, 5) is 0. The van der Waals surface area contributed by atoms with E-state index in [1.54, 1.807) is 0 Å². The van der Waals surface area contributed by atoms with E-state index in [1.807, 2.05) is 0 Å². The Bertz CT molecular complexity index is 2220. The maximum Gasteiger partial charge on any atom is 0.139 e. The molecule has 1 atom stereocenters. The molecule has 2 heteroatoms. The smallest absolute Gasteiger partial charge is 0.139 e. The quantitative estimate of drug-likeness (QED) is 0.207. The Hall–Kier alpha value is -5.60. The first kappa shape index (κ1) is 27.0. The number of allylic oxidation sites excluding steroid dienone is 3. The van der Waals surface area contributed by atoms with Crippen molar-refractivity contribution in [2.75, 3.05) is 6.61 Å². The Morgan fingerprint density at radius 2 is 1.09 bits per heavy atom. The Labute approximate surface area is 263 Å². The Morgan fingerprint density at radius 1 is 0.511 bits per heavy atom. The van der Waals surface area contributed by atoms with Gasteiger partial charge in [-0.2, -0.15) is 0 Å². The maximum atomic E-state index is 6.37. The Kier molecular flexibility index (Phi) is 6.88. The van der Waals surface area contributed by atoms with Crippen molar-refractivity contribution < 1.29 is 9.15 Å². The lowest BCUT2D eigenvalue weighted by atomic mass is 9.92. The number of furan rings is 1. The fourth-order valence-electron chi connectivity index (χ4n) is 6.42. The lowest BCUT2D eigenvalue weighted by Gasteiger charge is -2.14. The van der Waals surface area contributed by atoms with Gasteiger partial charge in [0.05, 0.1) is 0 Å². The van der Waals surface area contributed by atoms with Gasteiger partial charge >= 0.3 is 0 Å². The summed E-state index contributed by atoms with van der Waals surface area (Å²) >= 11 is 0. The van der Waals surface area contributed by atoms with Crippen LogP contribution in [0.1, 0.15) is 24.0 Å². The van der Waals surface area contributed by atoms with Gasteiger partial charge in [-0.05, 0) is 80.9 Å². The minimum absolute atomic E-state index is 0.123. The molecule has 0 spiro atoms. The number of rotatable bonds is 4. The van der Waals surface area contributed by atoms with Crippen LogP contribution >= 0.6 is 0 Å². The number of ether oxygens (including phenoxy) is 1. The van der Waals surface area contributed by atoms with Gasteiger partial charge in [-0.15, -0.1) is 0 Å². The van der Waals surface area contributed by atoms with Crippen LogP contribution in [-0.2, 0) is 0 Å². The van der Waals surface area contributed by atoms with E-state index in [0.29, 0.717) is 6.61 Å². The van der Waals surface area contributed by atoms with E-state index in [0.717, 1.165) is 33.3 Å². The molecule has 1 aliphatic rings. The highest BCUT2D eigenvalue weighted by Crippen LogP contribution is 2.40. The third-order valence-electron chi connectivity index (χ3n) is 8.76. The average molecular weight is 581 g/mol. The molecule has 2 nitrogen and oxygen atoms in total. The summed E-state index contributed by atoms with van der Waals surface area (Å²) in [5.74, 6) is 0.989. The van der Waals surface area contributed by atoms with Gasteiger partial charge in [-0.25, -0.2) is 0 Å². The van der Waals surface area contributed by atoms with Crippen molar-refractivity contribution in [3.8, 4) is 39.1 Å². The SMILES string of the molecule is CC1/C=C(c2cccc(-c3ccccc3)c2)\C=C/COc2cc3oc4ccc(-c5cccc(-c6ccccc6)c5)cc4c3cc21. The Balaban J connectivity index is 1.19. The van der Waals surface area contributed by atoms with Gasteiger partial charge in [0, 0.05) is 28.3 Å². The van der Waals surface area contributed by atoms with Crippen molar-refractivity contribution >= 4 is 27.5 Å². The highest BCUT2D eigenvalue weighted by Gasteiger charge is 2.18. The second-order valence-corrected chi connectivity index (χ2v) is 11.7. The van der Waals surface area contributed by atoms with E-state index >= 15 is 0 Å². The molecule has 216 valence electrons. The second kappa shape index (κ2) is 11.5. The van der Waals surface area contributed by atoms with Crippen LogP contribution in [0.4, 0.5) is 0 Å². The largest absolute Gasteiger partial charge is 0.489 e. The van der Waals surface area contributed by atoms with Crippen molar-refractivity contribution in [3.05, 3.63) is 169 Å². The molecule has 2 heterocycles. The van der Waals surface area contributed by atoms with Gasteiger partial charge in [-0.1, -0.05) is 122 Å². The second-order valence-electron chi connectivity index (χ2n) is 11.7. The zero-order valence-electron chi connectivity index (χ0n) is 25.1. The highest BCUT2D eigenvalue weighted by atomic mass is 16.5. The molecule has 8 rings (SSSR count). The van der Waals surface area contributed by atoms with Crippen molar-refractivity contribution in [1.29, 1.82) is 0 Å². The molecule has 0 radical (unpaired) electrons. The van der Waals surface area contributed by atoms with E-state index in [9.17, 15) is 0 Å². The van der Waals surface area contributed by atoms with Crippen LogP contribution in [0.5, 0.6) is 5.75 Å². The molecular weight excluding hydrogens is 548 g/mol. The summed E-state index contributed by atoms with van der Waals surface area (Å²) in [5.41, 5.74) is 12.5. The van der Waals surface area contributed by atoms with E-state index in [1.165, 1.54) is 44.5 Å². The van der Waals surface area contributed by atoms with Gasteiger partial charge in [-0.3, -0.25) is 0 Å². The third-order valence-corrected chi connectivity index (χ3v) is 8.76. The molecule has 1 unspecified atom stereocenters. The van der Waals surface area contributed by atoms with Crippen LogP contribution < -0.4 is 4.74 Å². The summed E-state index contributed by atoms with van der Waals surface area (Å²) < 4.78 is 12.7. The molecule has 45 heavy (non-hydrogen) atoms. The Morgan fingerprint density at radius 3 is 1.80 bits per heavy atom. The van der Waals surface area contributed by atoms with Crippen molar-refractivity contribution in [2.24, 2.45) is 0 Å². The molecule has 0 amide bonds. The minimum Gasteiger partial charge on any atom is -0.489 e. The summed E-state index contributed by atoms with van der Waals surface area (Å²) in [6.45, 7) is 2.74. The fourth-order valence-corrected chi connectivity index (χ4v) is 6.42. The monoisotopic (exact) mass is 580 g/mol. The molecule has 0 bridgehead atoms. The fraction of sp³-hybridized carbons (Fsp3) is 0.0698. The predicted molar refractivity (Wildman–Crippen MR) is 187 cm³/mol. The lowest BCUT2D eigenvalue weighted by Crippen LogP contribution is -1.99. The van der Waals surface area contributed by atoms with Crippen molar-refractivity contribution in [2.45, 2.75) is 12.8 Å². The van der Waals surface area contributed by atoms with Crippen molar-refractivity contribution in [3.63, 3.8) is 0 Å². The minimum atomic E-state index is 0.123. The number of hydrogen-bond acceptors (Lipinski definition) is 2. The molecule has 6 aromatic carbocycles. The molecule has 1 aromatic heterocycles. The molecule has 0 saturated carbocycles. The molecule has 0 saturated heterocycles. The average Bonchev–Trinajstić information content (AvgIpc) is 3.49. The molecular formula is C43H32O2. The topological polar surface area (TPSA) is 22.4 Å². The first-order valence-corrected chi connectivity index (χ1v) is 15.5. The first-order chi connectivity index (χ1) is 22.2. The van der Waals surface area contributed by atoms with Crippen LogP contribution in [0.2, 0.25) is 0 Å². The van der Waals surface area contributed by atoms with Crippen LogP contribution in [0.3, 0.4) is 0 Å². The highest BCUT2D eigenvalue weighted by molar-refractivity contribution is 6.07. The number of fused-ring (bicyclic) bond motifs is 4. The summed E-state index contributed by atoms with van der Waals surface area (Å²) in [6, 6.07) is 49.4. The molecule has 7 aromatic rings. The van der Waals surface area contributed by atoms with Gasteiger partial charge < -0.3 is 9.15 Å². The summed E-state index contributed by atoms with van der Waals surface area (Å²) in [6.07, 6.45) is 6.63. The van der Waals surface area contributed by atoms with Gasteiger partial charge in [0.1, 0.15) is 23.5 Å². The zero-order valence-corrected chi connectivity index (χ0v) is 25.1. The molecule has 0 aliphatic carbocycles. The van der Waals surface area contributed by atoms with Gasteiger partial charge in [0.25, 0.3) is 0 Å². The molecule has 1 aliphatic heterocycles. The van der Waals surface area contributed by atoms with Crippen LogP contribution in [0.25, 0.3) is 60.9 Å². The molecule has 0 fully saturated rings. The van der Waals surface area contributed by atoms with E-state index in [4.69, 9.17) is 9.15 Å². The maximum absolute atomic E-state index is 6.37. The van der Waals surface area contributed by atoms with E-state index in [2.05, 4.69) is 165 Å². The zero-order chi connectivity index (χ0) is 30.2. The normalized spacial score (nSPS) is 16.6. The van der Waals surface area contributed by atoms with Gasteiger partial charge in [0.15, 0.2) is 0 Å². The summed E-state index contributed by atoms with van der Waals surface area (Å²) in [7, 11) is 0.